The molecule has 0 spiro atoms. The number of amides is 2. The first-order valence-corrected chi connectivity index (χ1v) is 12.5. The zero-order chi connectivity index (χ0) is 26.8. The number of para-hydroxylation sites is 1. The lowest BCUT2D eigenvalue weighted by atomic mass is 10.1. The van der Waals surface area contributed by atoms with Crippen LogP contribution in [0.3, 0.4) is 0 Å². The third kappa shape index (κ3) is 5.43. The van der Waals surface area contributed by atoms with Crippen molar-refractivity contribution in [1.29, 1.82) is 0 Å². The van der Waals surface area contributed by atoms with Crippen LogP contribution in [-0.2, 0) is 0 Å². The van der Waals surface area contributed by atoms with Gasteiger partial charge in [-0.25, -0.2) is 0 Å². The van der Waals surface area contributed by atoms with Gasteiger partial charge in [0.05, 0.1) is 10.0 Å². The fourth-order valence-corrected chi connectivity index (χ4v) is 4.39. The molecule has 0 aliphatic carbocycles. The number of hydrogen-bond donors (Lipinski definition) is 3. The third-order valence-electron chi connectivity index (χ3n) is 5.66. The number of nitrogens with one attached hydrogen (secondary N) is 3. The summed E-state index contributed by atoms with van der Waals surface area (Å²) in [6, 6.07) is 22.7. The number of hydrogen-bond acceptors (Lipinski definition) is 5. The molecule has 2 amide bonds. The molecule has 2 heterocycles. The minimum absolute atomic E-state index is 0.0556. The molecule has 190 valence electrons. The summed E-state index contributed by atoms with van der Waals surface area (Å²) < 4.78 is 11.3. The monoisotopic (exact) mass is 563 g/mol. The van der Waals surface area contributed by atoms with E-state index in [1.54, 1.807) is 54.6 Å². The van der Waals surface area contributed by atoms with Crippen LogP contribution < -0.4 is 16.0 Å². The van der Waals surface area contributed by atoms with E-state index < -0.39 is 5.91 Å². The lowest BCUT2D eigenvalue weighted by Crippen LogP contribution is -2.33. The van der Waals surface area contributed by atoms with E-state index in [0.29, 0.717) is 38.3 Å². The first-order valence-electron chi connectivity index (χ1n) is 11.4. The second-order valence-corrected chi connectivity index (χ2v) is 9.50. The summed E-state index contributed by atoms with van der Waals surface area (Å²) in [6.45, 7) is 1.84. The number of anilines is 2. The fourth-order valence-electron chi connectivity index (χ4n) is 3.79. The SMILES string of the molecule is Cc1cc(NC(=S)NC(=O)c2ccc(-c3cccc(Cl)c3Cl)o2)ccc1NC(=O)c1cc2ccccc2o1. The van der Waals surface area contributed by atoms with Crippen LogP contribution in [0, 0.1) is 6.92 Å². The molecule has 0 saturated heterocycles. The number of furan rings is 2. The zero-order valence-electron chi connectivity index (χ0n) is 19.8. The van der Waals surface area contributed by atoms with Crippen molar-refractivity contribution in [2.45, 2.75) is 6.92 Å². The van der Waals surface area contributed by atoms with Crippen LogP contribution in [0.2, 0.25) is 10.0 Å². The Labute approximate surface area is 232 Å². The summed E-state index contributed by atoms with van der Waals surface area (Å²) in [5.41, 5.74) is 3.23. The highest BCUT2D eigenvalue weighted by atomic mass is 35.5. The van der Waals surface area contributed by atoms with Crippen LogP contribution in [0.5, 0.6) is 0 Å². The Bertz CT molecular complexity index is 1680. The summed E-state index contributed by atoms with van der Waals surface area (Å²) in [7, 11) is 0. The molecule has 5 aromatic rings. The van der Waals surface area contributed by atoms with Crippen LogP contribution in [0.1, 0.15) is 26.7 Å². The summed E-state index contributed by atoms with van der Waals surface area (Å²) in [5, 5.41) is 10.0. The van der Waals surface area contributed by atoms with Crippen LogP contribution in [0.15, 0.2) is 87.7 Å². The van der Waals surface area contributed by atoms with E-state index in [2.05, 4.69) is 16.0 Å². The number of aryl methyl sites for hydroxylation is 1. The summed E-state index contributed by atoms with van der Waals surface area (Å²) in [4.78, 5) is 25.3. The predicted molar refractivity (Wildman–Crippen MR) is 153 cm³/mol. The molecule has 0 radical (unpaired) electrons. The lowest BCUT2D eigenvalue weighted by Gasteiger charge is -2.12. The average molecular weight is 564 g/mol. The van der Waals surface area contributed by atoms with Crippen molar-refractivity contribution in [1.82, 2.24) is 5.32 Å². The van der Waals surface area contributed by atoms with Gasteiger partial charge in [-0.2, -0.15) is 0 Å². The second kappa shape index (κ2) is 10.7. The van der Waals surface area contributed by atoms with Gasteiger partial charge in [-0.05, 0) is 79.3 Å². The molecule has 7 nitrogen and oxygen atoms in total. The second-order valence-electron chi connectivity index (χ2n) is 8.31. The van der Waals surface area contributed by atoms with Gasteiger partial charge in [-0.15, -0.1) is 0 Å². The maximum Gasteiger partial charge on any atom is 0.293 e. The highest BCUT2D eigenvalue weighted by Crippen LogP contribution is 2.34. The Morgan fingerprint density at radius 1 is 0.816 bits per heavy atom. The van der Waals surface area contributed by atoms with Crippen molar-refractivity contribution < 1.29 is 18.4 Å². The Hall–Kier alpha value is -4.11. The number of fused-ring (bicyclic) bond motifs is 1. The Morgan fingerprint density at radius 2 is 1.63 bits per heavy atom. The minimum atomic E-state index is -0.529. The molecular weight excluding hydrogens is 545 g/mol. The van der Waals surface area contributed by atoms with Crippen LogP contribution in [0.25, 0.3) is 22.3 Å². The summed E-state index contributed by atoms with van der Waals surface area (Å²) in [5.74, 6) is -0.212. The quantitative estimate of drug-likeness (QED) is 0.190. The van der Waals surface area contributed by atoms with E-state index in [0.717, 1.165) is 10.9 Å². The van der Waals surface area contributed by atoms with Crippen LogP contribution in [-0.4, -0.2) is 16.9 Å². The standard InChI is InChI=1S/C28H19Cl2N3O4S/c1-15-13-17(9-10-20(15)32-27(35)24-14-16-5-2-3-8-21(16)36-24)31-28(38)33-26(34)23-12-11-22(37-23)18-6-4-7-19(29)25(18)30/h2-14H,1H3,(H,32,35)(H2,31,33,34,38). The average Bonchev–Trinajstić information content (AvgIpc) is 3.55. The van der Waals surface area contributed by atoms with Gasteiger partial charge in [0.2, 0.25) is 0 Å². The molecule has 5 rings (SSSR count). The first-order chi connectivity index (χ1) is 18.3. The van der Waals surface area contributed by atoms with Crippen molar-refractivity contribution in [2.24, 2.45) is 0 Å². The van der Waals surface area contributed by atoms with E-state index in [-0.39, 0.29) is 22.5 Å². The molecule has 3 aromatic carbocycles. The highest BCUT2D eigenvalue weighted by molar-refractivity contribution is 7.80. The van der Waals surface area contributed by atoms with Gasteiger partial charge < -0.3 is 19.5 Å². The number of benzene rings is 3. The van der Waals surface area contributed by atoms with E-state index in [1.807, 2.05) is 25.1 Å². The van der Waals surface area contributed by atoms with Crippen LogP contribution >= 0.6 is 35.4 Å². The molecule has 0 saturated carbocycles. The molecule has 38 heavy (non-hydrogen) atoms. The number of carbonyl (C=O) groups excluding carboxylic acids is 2. The molecule has 0 atom stereocenters. The van der Waals surface area contributed by atoms with Crippen molar-refractivity contribution in [3.8, 4) is 11.3 Å². The van der Waals surface area contributed by atoms with Crippen LogP contribution in [0.4, 0.5) is 11.4 Å². The zero-order valence-corrected chi connectivity index (χ0v) is 22.1. The fraction of sp³-hybridized carbons (Fsp3) is 0.0357. The molecule has 0 bridgehead atoms. The maximum absolute atomic E-state index is 12.7. The maximum atomic E-state index is 12.7. The molecule has 2 aromatic heterocycles. The number of rotatable bonds is 5. The Kier molecular flexibility index (Phi) is 7.20. The smallest absolute Gasteiger partial charge is 0.293 e. The molecule has 0 aliphatic rings. The normalized spacial score (nSPS) is 10.8. The number of thiocarbonyl (C=S) groups is 1. The summed E-state index contributed by atoms with van der Waals surface area (Å²) >= 11 is 17.6. The summed E-state index contributed by atoms with van der Waals surface area (Å²) in [6.07, 6.45) is 0. The molecule has 3 N–H and O–H groups in total. The molecule has 0 unspecified atom stereocenters. The van der Waals surface area contributed by atoms with Gasteiger partial charge in [0.15, 0.2) is 16.6 Å². The Balaban J connectivity index is 1.21. The first kappa shape index (κ1) is 25.5. The van der Waals surface area contributed by atoms with Crippen molar-refractivity contribution in [3.63, 3.8) is 0 Å². The topological polar surface area (TPSA) is 96.5 Å². The van der Waals surface area contributed by atoms with E-state index in [9.17, 15) is 9.59 Å². The molecular formula is C28H19Cl2N3O4S. The third-order valence-corrected chi connectivity index (χ3v) is 6.68. The van der Waals surface area contributed by atoms with Gasteiger partial charge in [-0.1, -0.05) is 47.5 Å². The van der Waals surface area contributed by atoms with Gasteiger partial charge in [0.25, 0.3) is 11.8 Å². The van der Waals surface area contributed by atoms with E-state index in [1.165, 1.54) is 6.07 Å². The van der Waals surface area contributed by atoms with Gasteiger partial charge >= 0.3 is 0 Å². The van der Waals surface area contributed by atoms with E-state index in [4.69, 9.17) is 44.3 Å². The van der Waals surface area contributed by atoms with Gasteiger partial charge in [0.1, 0.15) is 11.3 Å². The largest absolute Gasteiger partial charge is 0.451 e. The molecule has 0 aliphatic heterocycles. The molecule has 10 heteroatoms. The molecule has 0 fully saturated rings. The predicted octanol–water partition coefficient (Wildman–Crippen LogP) is 7.69. The van der Waals surface area contributed by atoms with E-state index >= 15 is 0 Å². The lowest BCUT2D eigenvalue weighted by molar-refractivity contribution is 0.0950. The van der Waals surface area contributed by atoms with Gasteiger partial charge in [0, 0.05) is 22.3 Å². The Morgan fingerprint density at radius 3 is 2.42 bits per heavy atom. The number of carbonyl (C=O) groups is 2. The van der Waals surface area contributed by atoms with Gasteiger partial charge in [-0.3, -0.25) is 14.9 Å². The van der Waals surface area contributed by atoms with Crippen molar-refractivity contribution in [3.05, 3.63) is 106 Å². The van der Waals surface area contributed by atoms with Crippen molar-refractivity contribution >= 4 is 74.7 Å². The van der Waals surface area contributed by atoms with Crippen molar-refractivity contribution in [2.75, 3.05) is 10.6 Å². The highest BCUT2D eigenvalue weighted by Gasteiger charge is 2.17. The number of halogens is 2. The minimum Gasteiger partial charge on any atom is -0.451 e.